The van der Waals surface area contributed by atoms with Gasteiger partial charge in [0, 0.05) is 0 Å². The van der Waals surface area contributed by atoms with Gasteiger partial charge in [-0.1, -0.05) is 12.8 Å². The standard InChI is InChI=1S/C8H15N3O4/c9-5-8(12)10-6-3-1-2-4-7(6)15-11(13)14/h6-7H,1-5,9H2,(H,10,12). The molecule has 1 saturated carbocycles. The number of rotatable bonds is 4. The van der Waals surface area contributed by atoms with Crippen LogP contribution in [0.3, 0.4) is 0 Å². The molecule has 2 unspecified atom stereocenters. The third kappa shape index (κ3) is 3.70. The first-order chi connectivity index (χ1) is 7.13. The van der Waals surface area contributed by atoms with Crippen molar-refractivity contribution in [3.05, 3.63) is 10.1 Å². The third-order valence-corrected chi connectivity index (χ3v) is 2.46. The molecule has 1 aliphatic carbocycles. The van der Waals surface area contributed by atoms with E-state index in [-0.39, 0.29) is 18.5 Å². The SMILES string of the molecule is NCC(=O)NC1CCCCC1O[N+](=O)[O-]. The van der Waals surface area contributed by atoms with Gasteiger partial charge in [0.05, 0.1) is 12.6 Å². The van der Waals surface area contributed by atoms with Crippen molar-refractivity contribution >= 4 is 5.91 Å². The van der Waals surface area contributed by atoms with E-state index in [4.69, 9.17) is 5.73 Å². The Kier molecular flexibility index (Phi) is 4.29. The van der Waals surface area contributed by atoms with Gasteiger partial charge in [-0.15, -0.1) is 10.1 Å². The first-order valence-electron chi connectivity index (χ1n) is 4.94. The van der Waals surface area contributed by atoms with E-state index in [2.05, 4.69) is 10.2 Å². The van der Waals surface area contributed by atoms with Crippen LogP contribution in [0.4, 0.5) is 0 Å². The topological polar surface area (TPSA) is 107 Å². The molecule has 1 rings (SSSR count). The Morgan fingerprint density at radius 3 is 2.80 bits per heavy atom. The summed E-state index contributed by atoms with van der Waals surface area (Å²) in [7, 11) is 0. The highest BCUT2D eigenvalue weighted by Gasteiger charge is 2.28. The zero-order valence-corrected chi connectivity index (χ0v) is 8.35. The molecule has 7 nitrogen and oxygen atoms in total. The zero-order chi connectivity index (χ0) is 11.3. The smallest absolute Gasteiger partial charge is 0.294 e. The summed E-state index contributed by atoms with van der Waals surface area (Å²) in [4.78, 5) is 25.8. The van der Waals surface area contributed by atoms with E-state index in [0.717, 1.165) is 12.8 Å². The molecule has 0 aromatic rings. The fraction of sp³-hybridized carbons (Fsp3) is 0.875. The van der Waals surface area contributed by atoms with Crippen LogP contribution in [0.15, 0.2) is 0 Å². The molecule has 1 aliphatic rings. The first kappa shape index (κ1) is 11.7. The summed E-state index contributed by atoms with van der Waals surface area (Å²) in [5.41, 5.74) is 5.15. The predicted molar refractivity (Wildman–Crippen MR) is 51.3 cm³/mol. The third-order valence-electron chi connectivity index (χ3n) is 2.46. The predicted octanol–water partition coefficient (Wildman–Crippen LogP) is -0.419. The van der Waals surface area contributed by atoms with Gasteiger partial charge in [0.2, 0.25) is 5.91 Å². The van der Waals surface area contributed by atoms with Crippen molar-refractivity contribution in [2.45, 2.75) is 37.8 Å². The number of nitrogens with one attached hydrogen (secondary N) is 1. The quantitative estimate of drug-likeness (QED) is 0.491. The number of carbonyl (C=O) groups is 1. The molecule has 0 aliphatic heterocycles. The van der Waals surface area contributed by atoms with Gasteiger partial charge in [-0.25, -0.2) is 0 Å². The Morgan fingerprint density at radius 1 is 1.53 bits per heavy atom. The van der Waals surface area contributed by atoms with Gasteiger partial charge >= 0.3 is 0 Å². The Balaban J connectivity index is 2.49. The first-order valence-corrected chi connectivity index (χ1v) is 4.94. The van der Waals surface area contributed by atoms with Crippen molar-refractivity contribution < 1.29 is 14.7 Å². The molecule has 0 bridgehead atoms. The molecule has 0 aromatic carbocycles. The molecule has 7 heteroatoms. The Morgan fingerprint density at radius 2 is 2.20 bits per heavy atom. The van der Waals surface area contributed by atoms with Crippen molar-refractivity contribution in [2.75, 3.05) is 6.54 Å². The number of nitrogens with two attached hydrogens (primary N) is 1. The van der Waals surface area contributed by atoms with Gasteiger partial charge in [0.1, 0.15) is 6.10 Å². The molecule has 1 fully saturated rings. The van der Waals surface area contributed by atoms with E-state index < -0.39 is 11.2 Å². The summed E-state index contributed by atoms with van der Waals surface area (Å²) < 4.78 is 0. The molecule has 0 radical (unpaired) electrons. The molecule has 1 amide bonds. The van der Waals surface area contributed by atoms with E-state index in [1.54, 1.807) is 0 Å². The number of amides is 1. The molecule has 3 N–H and O–H groups in total. The lowest BCUT2D eigenvalue weighted by molar-refractivity contribution is -0.770. The Bertz CT molecular complexity index is 246. The largest absolute Gasteiger partial charge is 0.350 e. The Hall–Kier alpha value is -1.37. The average molecular weight is 217 g/mol. The van der Waals surface area contributed by atoms with E-state index in [1.807, 2.05) is 0 Å². The number of hydrogen-bond donors (Lipinski definition) is 2. The van der Waals surface area contributed by atoms with Crippen molar-refractivity contribution in [2.24, 2.45) is 5.73 Å². The maximum Gasteiger partial charge on any atom is 0.294 e. The lowest BCUT2D eigenvalue weighted by Gasteiger charge is -2.30. The van der Waals surface area contributed by atoms with E-state index in [0.29, 0.717) is 12.8 Å². The number of nitrogens with zero attached hydrogens (tertiary/aromatic N) is 1. The van der Waals surface area contributed by atoms with Gasteiger partial charge in [-0.2, -0.15) is 0 Å². The summed E-state index contributed by atoms with van der Waals surface area (Å²) in [5.74, 6) is -0.307. The summed E-state index contributed by atoms with van der Waals surface area (Å²) >= 11 is 0. The molecular formula is C8H15N3O4. The fourth-order valence-electron chi connectivity index (χ4n) is 1.76. The molecule has 0 spiro atoms. The van der Waals surface area contributed by atoms with Crippen LogP contribution in [0.5, 0.6) is 0 Å². The zero-order valence-electron chi connectivity index (χ0n) is 8.35. The molecule has 2 atom stereocenters. The second kappa shape index (κ2) is 5.50. The maximum atomic E-state index is 11.0. The number of hydrogen-bond acceptors (Lipinski definition) is 5. The molecule has 0 heterocycles. The maximum absolute atomic E-state index is 11.0. The summed E-state index contributed by atoms with van der Waals surface area (Å²) in [6, 6.07) is -0.291. The second-order valence-electron chi connectivity index (χ2n) is 3.53. The van der Waals surface area contributed by atoms with Crippen molar-refractivity contribution in [3.63, 3.8) is 0 Å². The lowest BCUT2D eigenvalue weighted by Crippen LogP contribution is -2.48. The van der Waals surface area contributed by atoms with Crippen LogP contribution >= 0.6 is 0 Å². The van der Waals surface area contributed by atoms with Crippen LogP contribution in [-0.4, -0.2) is 29.7 Å². The minimum absolute atomic E-state index is 0.109. The van der Waals surface area contributed by atoms with Gasteiger partial charge in [-0.05, 0) is 12.8 Å². The minimum Gasteiger partial charge on any atom is -0.350 e. The minimum atomic E-state index is -0.808. The van der Waals surface area contributed by atoms with Gasteiger partial charge in [0.15, 0.2) is 0 Å². The van der Waals surface area contributed by atoms with Crippen molar-refractivity contribution in [3.8, 4) is 0 Å². The average Bonchev–Trinajstić information content (AvgIpc) is 2.20. The van der Waals surface area contributed by atoms with Crippen LogP contribution < -0.4 is 11.1 Å². The summed E-state index contributed by atoms with van der Waals surface area (Å²) in [6.07, 6.45) is 2.57. The van der Waals surface area contributed by atoms with E-state index >= 15 is 0 Å². The van der Waals surface area contributed by atoms with E-state index in [1.165, 1.54) is 0 Å². The molecular weight excluding hydrogens is 202 g/mol. The van der Waals surface area contributed by atoms with Crippen LogP contribution in [-0.2, 0) is 9.63 Å². The highest BCUT2D eigenvalue weighted by Crippen LogP contribution is 2.21. The summed E-state index contributed by atoms with van der Waals surface area (Å²) in [5, 5.41) is 12.0. The second-order valence-corrected chi connectivity index (χ2v) is 3.53. The molecule has 86 valence electrons. The van der Waals surface area contributed by atoms with Crippen LogP contribution in [0.25, 0.3) is 0 Å². The molecule has 15 heavy (non-hydrogen) atoms. The number of carbonyl (C=O) groups excluding carboxylic acids is 1. The van der Waals surface area contributed by atoms with E-state index in [9.17, 15) is 14.9 Å². The van der Waals surface area contributed by atoms with Gasteiger partial charge in [-0.3, -0.25) is 4.79 Å². The summed E-state index contributed by atoms with van der Waals surface area (Å²) in [6.45, 7) is -0.109. The van der Waals surface area contributed by atoms with Gasteiger partial charge < -0.3 is 15.9 Å². The molecule has 0 saturated heterocycles. The van der Waals surface area contributed by atoms with Crippen LogP contribution in [0.1, 0.15) is 25.7 Å². The lowest BCUT2D eigenvalue weighted by atomic mass is 9.92. The normalized spacial score (nSPS) is 25.7. The van der Waals surface area contributed by atoms with Gasteiger partial charge in [0.25, 0.3) is 5.09 Å². The van der Waals surface area contributed by atoms with Crippen LogP contribution in [0.2, 0.25) is 0 Å². The highest BCUT2D eigenvalue weighted by molar-refractivity contribution is 5.78. The Labute approximate surface area is 87.1 Å². The van der Waals surface area contributed by atoms with Crippen molar-refractivity contribution in [1.29, 1.82) is 0 Å². The van der Waals surface area contributed by atoms with Crippen molar-refractivity contribution in [1.82, 2.24) is 5.32 Å². The molecule has 0 aromatic heterocycles. The highest BCUT2D eigenvalue weighted by atomic mass is 17.0. The van der Waals surface area contributed by atoms with Crippen LogP contribution in [0, 0.1) is 10.1 Å². The monoisotopic (exact) mass is 217 g/mol. The fourth-order valence-corrected chi connectivity index (χ4v) is 1.76.